The van der Waals surface area contributed by atoms with Crippen molar-refractivity contribution in [2.24, 2.45) is 5.73 Å². The van der Waals surface area contributed by atoms with Crippen LogP contribution in [-0.2, 0) is 4.79 Å². The molecule has 0 aliphatic rings. The van der Waals surface area contributed by atoms with E-state index in [-0.39, 0.29) is 18.7 Å². The fourth-order valence-electron chi connectivity index (χ4n) is 0.910. The molecule has 82 valence electrons. The molecule has 5 nitrogen and oxygen atoms in total. The Balaban J connectivity index is 3.59. The lowest BCUT2D eigenvalue weighted by atomic mass is 10.1. The Labute approximate surface area is 82.0 Å². The van der Waals surface area contributed by atoms with Gasteiger partial charge in [-0.05, 0) is 13.3 Å². The monoisotopic (exact) mass is 205 g/mol. The molecule has 0 saturated carbocycles. The van der Waals surface area contributed by atoms with E-state index in [1.165, 1.54) is 0 Å². The summed E-state index contributed by atoms with van der Waals surface area (Å²) in [5.74, 6) is -0.927. The van der Waals surface area contributed by atoms with E-state index in [1.54, 1.807) is 6.92 Å². The van der Waals surface area contributed by atoms with Gasteiger partial charge in [-0.15, -0.1) is 0 Å². The van der Waals surface area contributed by atoms with Crippen LogP contribution in [0.2, 0.25) is 0 Å². The number of rotatable bonds is 6. The van der Waals surface area contributed by atoms with Crippen molar-refractivity contribution < 1.29 is 14.3 Å². The first-order valence-electron chi connectivity index (χ1n) is 4.35. The third-order valence-corrected chi connectivity index (χ3v) is 1.67. The summed E-state index contributed by atoms with van der Waals surface area (Å²) >= 11 is 0. The molecule has 0 amide bonds. The van der Waals surface area contributed by atoms with Crippen LogP contribution >= 0.6 is 0 Å². The lowest BCUT2D eigenvalue weighted by molar-refractivity contribution is -0.139. The topological polar surface area (TPSA) is 99.2 Å². The second-order valence-corrected chi connectivity index (χ2v) is 3.12. The summed E-state index contributed by atoms with van der Waals surface area (Å²) in [6.45, 7) is 1.87. The van der Waals surface area contributed by atoms with Gasteiger partial charge in [0.15, 0.2) is 0 Å². The van der Waals surface area contributed by atoms with Crippen LogP contribution in [0.25, 0.3) is 0 Å². The third kappa shape index (κ3) is 6.36. The molecule has 0 aromatic rings. The number of nitrogens with two attached hydrogens (primary N) is 1. The van der Waals surface area contributed by atoms with Gasteiger partial charge in [0.2, 0.25) is 0 Å². The molecule has 0 radical (unpaired) electrons. The smallest absolute Gasteiger partial charge is 0.320 e. The first-order chi connectivity index (χ1) is 6.43. The molecule has 0 rings (SSSR count). The van der Waals surface area contributed by atoms with Crippen LogP contribution in [0.5, 0.6) is 0 Å². The summed E-state index contributed by atoms with van der Waals surface area (Å²) in [5, 5.41) is 18.0. The highest BCUT2D eigenvalue weighted by molar-refractivity contribution is 5.75. The van der Waals surface area contributed by atoms with Crippen LogP contribution in [0.15, 0.2) is 0 Å². The van der Waals surface area contributed by atoms with Crippen LogP contribution in [0, 0.1) is 5.41 Å². The molecule has 0 aliphatic carbocycles. The molecule has 0 fully saturated rings. The van der Waals surface area contributed by atoms with Gasteiger partial charge in [-0.2, -0.15) is 0 Å². The average molecular weight is 205 g/mol. The van der Waals surface area contributed by atoms with E-state index in [4.69, 9.17) is 16.2 Å². The number of carbonyl (C=O) groups is 1. The van der Waals surface area contributed by atoms with Gasteiger partial charge in [-0.3, -0.25) is 10.2 Å². The number of hydrogen-bond acceptors (Lipinski definition) is 3. The Hall–Kier alpha value is -1.17. The molecule has 0 saturated heterocycles. The van der Waals surface area contributed by atoms with Gasteiger partial charge < -0.3 is 16.2 Å². The van der Waals surface area contributed by atoms with Gasteiger partial charge in [-0.25, -0.2) is 4.39 Å². The first-order valence-corrected chi connectivity index (χ1v) is 4.35. The van der Waals surface area contributed by atoms with E-state index in [2.05, 4.69) is 5.32 Å². The molecule has 0 aromatic heterocycles. The summed E-state index contributed by atoms with van der Waals surface area (Å²) in [7, 11) is 0. The second-order valence-electron chi connectivity index (χ2n) is 3.12. The highest BCUT2D eigenvalue weighted by Gasteiger charge is 2.17. The third-order valence-electron chi connectivity index (χ3n) is 1.67. The summed E-state index contributed by atoms with van der Waals surface area (Å²) in [5.41, 5.74) is 5.15. The minimum Gasteiger partial charge on any atom is -0.480 e. The van der Waals surface area contributed by atoms with E-state index in [1.807, 2.05) is 0 Å². The van der Waals surface area contributed by atoms with Crippen LogP contribution in [0.4, 0.5) is 4.39 Å². The predicted octanol–water partition coefficient (Wildman–Crippen LogP) is 0.103. The molecule has 14 heavy (non-hydrogen) atoms. The summed E-state index contributed by atoms with van der Waals surface area (Å²) < 4.78 is 13.0. The van der Waals surface area contributed by atoms with Crippen LogP contribution < -0.4 is 11.1 Å². The van der Waals surface area contributed by atoms with Crippen molar-refractivity contribution in [3.05, 3.63) is 0 Å². The van der Waals surface area contributed by atoms with Gasteiger partial charge in [0.05, 0.1) is 5.84 Å². The minimum absolute atomic E-state index is 0.164. The lowest BCUT2D eigenvalue weighted by Gasteiger charge is -2.11. The Bertz CT molecular complexity index is 211. The zero-order chi connectivity index (χ0) is 11.1. The molecular formula is C8H16FN3O2. The van der Waals surface area contributed by atoms with Gasteiger partial charge in [0.1, 0.15) is 12.2 Å². The van der Waals surface area contributed by atoms with E-state index >= 15 is 0 Å². The van der Waals surface area contributed by atoms with Gasteiger partial charge in [0, 0.05) is 13.0 Å². The number of amidine groups is 1. The molecule has 0 spiro atoms. The fourth-order valence-corrected chi connectivity index (χ4v) is 0.910. The van der Waals surface area contributed by atoms with E-state index < -0.39 is 18.2 Å². The summed E-state index contributed by atoms with van der Waals surface area (Å²) in [6.07, 6.45) is -1.27. The Morgan fingerprint density at radius 3 is 2.71 bits per heavy atom. The predicted molar refractivity (Wildman–Crippen MR) is 51.1 cm³/mol. The fraction of sp³-hybridized carbons (Fsp3) is 0.750. The molecule has 6 heteroatoms. The van der Waals surface area contributed by atoms with Crippen molar-refractivity contribution in [1.82, 2.24) is 5.32 Å². The largest absolute Gasteiger partial charge is 0.480 e. The molecule has 0 aliphatic heterocycles. The maximum atomic E-state index is 13.0. The number of carboxylic acid groups (broad SMARTS) is 1. The SMILES string of the molecule is CC(=N)NCC[C@@H](F)C[C@H](N)C(=O)O. The Morgan fingerprint density at radius 1 is 1.71 bits per heavy atom. The number of nitrogens with one attached hydrogen (secondary N) is 2. The highest BCUT2D eigenvalue weighted by Crippen LogP contribution is 2.05. The number of alkyl halides is 1. The molecule has 0 heterocycles. The maximum Gasteiger partial charge on any atom is 0.320 e. The Morgan fingerprint density at radius 2 is 2.29 bits per heavy atom. The standard InChI is InChI=1S/C8H16FN3O2/c1-5(10)12-3-2-6(9)4-7(11)8(13)14/h6-7H,2-4,11H2,1H3,(H2,10,12)(H,13,14)/t6-,7+/m1/s1. The molecule has 5 N–H and O–H groups in total. The van der Waals surface area contributed by atoms with Crippen molar-refractivity contribution >= 4 is 11.8 Å². The molecular weight excluding hydrogens is 189 g/mol. The van der Waals surface area contributed by atoms with Crippen LogP contribution in [0.3, 0.4) is 0 Å². The lowest BCUT2D eigenvalue weighted by Crippen LogP contribution is -2.34. The van der Waals surface area contributed by atoms with Crippen LogP contribution in [-0.4, -0.2) is 35.7 Å². The first kappa shape index (κ1) is 12.8. The van der Waals surface area contributed by atoms with Crippen LogP contribution in [0.1, 0.15) is 19.8 Å². The molecule has 0 bridgehead atoms. The number of hydrogen-bond donors (Lipinski definition) is 4. The molecule has 2 atom stereocenters. The van der Waals surface area contributed by atoms with Crippen molar-refractivity contribution in [3.63, 3.8) is 0 Å². The van der Waals surface area contributed by atoms with E-state index in [0.717, 1.165) is 0 Å². The summed E-state index contributed by atoms with van der Waals surface area (Å²) in [4.78, 5) is 10.3. The van der Waals surface area contributed by atoms with E-state index in [0.29, 0.717) is 6.54 Å². The summed E-state index contributed by atoms with van der Waals surface area (Å²) in [6, 6.07) is -1.15. The maximum absolute atomic E-state index is 13.0. The molecule has 0 unspecified atom stereocenters. The van der Waals surface area contributed by atoms with Crippen molar-refractivity contribution in [3.8, 4) is 0 Å². The zero-order valence-electron chi connectivity index (χ0n) is 8.09. The van der Waals surface area contributed by atoms with Crippen molar-refractivity contribution in [1.29, 1.82) is 5.41 Å². The Kier molecular flexibility index (Phi) is 5.78. The van der Waals surface area contributed by atoms with Gasteiger partial charge in [0.25, 0.3) is 0 Å². The van der Waals surface area contributed by atoms with Crippen molar-refractivity contribution in [2.45, 2.75) is 32.0 Å². The van der Waals surface area contributed by atoms with Crippen molar-refractivity contribution in [2.75, 3.05) is 6.54 Å². The van der Waals surface area contributed by atoms with E-state index in [9.17, 15) is 9.18 Å². The quantitative estimate of drug-likeness (QED) is 0.365. The van der Waals surface area contributed by atoms with Gasteiger partial charge in [-0.1, -0.05) is 0 Å². The zero-order valence-corrected chi connectivity index (χ0v) is 8.09. The average Bonchev–Trinajstić information content (AvgIpc) is 2.02. The molecule has 0 aromatic carbocycles. The minimum atomic E-state index is -1.24. The number of carboxylic acids is 1. The highest BCUT2D eigenvalue weighted by atomic mass is 19.1. The number of halogens is 1. The van der Waals surface area contributed by atoms with Gasteiger partial charge >= 0.3 is 5.97 Å². The normalized spacial score (nSPS) is 14.5. The second kappa shape index (κ2) is 6.31. The number of aliphatic carboxylic acids is 1.